The van der Waals surface area contributed by atoms with Crippen LogP contribution in [0.15, 0.2) is 18.2 Å². The highest BCUT2D eigenvalue weighted by atomic mass is 19.1. The number of benzene rings is 1. The van der Waals surface area contributed by atoms with Gasteiger partial charge in [-0.25, -0.2) is 9.18 Å². The van der Waals surface area contributed by atoms with Crippen molar-refractivity contribution in [1.82, 2.24) is 9.80 Å². The van der Waals surface area contributed by atoms with Gasteiger partial charge in [-0.15, -0.1) is 0 Å². The molecule has 3 atom stereocenters. The predicted octanol–water partition coefficient (Wildman–Crippen LogP) is 3.45. The number of rotatable bonds is 2. The molecule has 2 amide bonds. The van der Waals surface area contributed by atoms with Crippen LogP contribution in [0.1, 0.15) is 57.4 Å². The molecule has 4 saturated heterocycles. The largest absolute Gasteiger partial charge is 0.444 e. The number of piperidine rings is 2. The van der Waals surface area contributed by atoms with E-state index in [4.69, 9.17) is 9.47 Å². The lowest BCUT2D eigenvalue weighted by atomic mass is 9.73. The van der Waals surface area contributed by atoms with E-state index in [1.165, 1.54) is 6.07 Å². The van der Waals surface area contributed by atoms with Crippen LogP contribution in [-0.4, -0.2) is 78.9 Å². The second kappa shape index (κ2) is 8.48. The number of nitrogens with zero attached hydrogens (tertiary/aromatic N) is 3. The third-order valence-corrected chi connectivity index (χ3v) is 9.01. The summed E-state index contributed by atoms with van der Waals surface area (Å²) in [5.41, 5.74) is 1.71. The van der Waals surface area contributed by atoms with E-state index >= 15 is 0 Å². The SMILES string of the molecule is CC(=O)N1CC2(CCN(C3CC4CCC(C3)N4C(=O)O[C@@H]3CCOC3)CC2)c2cc(F)ccc21. The van der Waals surface area contributed by atoms with Gasteiger partial charge in [-0.1, -0.05) is 0 Å². The molecule has 1 aromatic rings. The zero-order chi connectivity index (χ0) is 23.4. The fourth-order valence-corrected chi connectivity index (χ4v) is 7.22. The number of halogens is 1. The standard InChI is InChI=1S/C26H34FN3O4/c1-17(31)29-16-26(23-12-18(27)2-5-24(23)29)7-9-28(10-8-26)21-13-19-3-4-20(14-21)30(19)25(32)34-22-6-11-33-15-22/h2,5,12,19-22H,3-4,6-11,13-16H2,1H3/t19?,20?,21?,22-/m1/s1. The molecule has 5 aliphatic rings. The third kappa shape index (κ3) is 3.70. The molecule has 2 unspecified atom stereocenters. The first-order valence-electron chi connectivity index (χ1n) is 12.8. The van der Waals surface area contributed by atoms with E-state index in [2.05, 4.69) is 4.90 Å². The van der Waals surface area contributed by atoms with Crippen molar-refractivity contribution in [3.63, 3.8) is 0 Å². The summed E-state index contributed by atoms with van der Waals surface area (Å²) in [6, 6.07) is 5.83. The molecule has 0 radical (unpaired) electrons. The molecular formula is C26H34FN3O4. The number of hydrogen-bond acceptors (Lipinski definition) is 5. The molecule has 5 heterocycles. The molecule has 0 aliphatic carbocycles. The van der Waals surface area contributed by atoms with Gasteiger partial charge in [0.1, 0.15) is 11.9 Å². The molecule has 0 N–H and O–H groups in total. The molecule has 7 nitrogen and oxygen atoms in total. The van der Waals surface area contributed by atoms with Crippen molar-refractivity contribution >= 4 is 17.7 Å². The topological polar surface area (TPSA) is 62.3 Å². The lowest BCUT2D eigenvalue weighted by Gasteiger charge is -2.47. The summed E-state index contributed by atoms with van der Waals surface area (Å²) in [5, 5.41) is 0. The fraction of sp³-hybridized carbons (Fsp3) is 0.692. The minimum Gasteiger partial charge on any atom is -0.444 e. The van der Waals surface area contributed by atoms with Gasteiger partial charge in [-0.2, -0.15) is 0 Å². The van der Waals surface area contributed by atoms with Crippen molar-refractivity contribution in [1.29, 1.82) is 0 Å². The first kappa shape index (κ1) is 22.3. The van der Waals surface area contributed by atoms with Crippen LogP contribution in [0.25, 0.3) is 0 Å². The van der Waals surface area contributed by atoms with Crippen LogP contribution in [0, 0.1) is 5.82 Å². The van der Waals surface area contributed by atoms with Crippen LogP contribution in [0.5, 0.6) is 0 Å². The summed E-state index contributed by atoms with van der Waals surface area (Å²) < 4.78 is 25.2. The second-order valence-electron chi connectivity index (χ2n) is 10.9. The number of ether oxygens (including phenoxy) is 2. The normalized spacial score (nSPS) is 32.3. The van der Waals surface area contributed by atoms with E-state index in [-0.39, 0.29) is 41.4 Å². The Kier molecular flexibility index (Phi) is 5.56. The van der Waals surface area contributed by atoms with E-state index in [1.54, 1.807) is 19.1 Å². The Bertz CT molecular complexity index is 959. The quantitative estimate of drug-likeness (QED) is 0.661. The van der Waals surface area contributed by atoms with E-state index in [0.29, 0.717) is 25.8 Å². The lowest BCUT2D eigenvalue weighted by Crippen LogP contribution is -2.56. The molecule has 1 spiro atoms. The molecule has 184 valence electrons. The molecule has 2 bridgehead atoms. The Labute approximate surface area is 200 Å². The molecule has 8 heteroatoms. The van der Waals surface area contributed by atoms with Crippen molar-refractivity contribution in [2.24, 2.45) is 0 Å². The van der Waals surface area contributed by atoms with Crippen LogP contribution >= 0.6 is 0 Å². The van der Waals surface area contributed by atoms with Crippen LogP contribution in [-0.2, 0) is 19.7 Å². The molecule has 0 saturated carbocycles. The first-order chi connectivity index (χ1) is 16.4. The Morgan fingerprint density at radius 1 is 1.09 bits per heavy atom. The summed E-state index contributed by atoms with van der Waals surface area (Å²) in [5.74, 6) is -0.210. The average Bonchev–Trinajstić information content (AvgIpc) is 3.50. The van der Waals surface area contributed by atoms with Gasteiger partial charge in [0.2, 0.25) is 5.91 Å². The van der Waals surface area contributed by atoms with Gasteiger partial charge in [-0.3, -0.25) is 4.79 Å². The highest BCUT2D eigenvalue weighted by Crippen LogP contribution is 2.48. The number of likely N-dealkylation sites (tertiary alicyclic amines) is 1. The molecular weight excluding hydrogens is 437 g/mol. The van der Waals surface area contributed by atoms with Crippen molar-refractivity contribution in [3.05, 3.63) is 29.6 Å². The average molecular weight is 472 g/mol. The summed E-state index contributed by atoms with van der Waals surface area (Å²) in [7, 11) is 0. The molecule has 34 heavy (non-hydrogen) atoms. The number of amides is 2. The van der Waals surface area contributed by atoms with Crippen molar-refractivity contribution in [2.75, 3.05) is 37.7 Å². The van der Waals surface area contributed by atoms with Gasteiger partial charge < -0.3 is 24.2 Å². The smallest absolute Gasteiger partial charge is 0.410 e. The highest BCUT2D eigenvalue weighted by Gasteiger charge is 2.50. The molecule has 5 aliphatic heterocycles. The first-order valence-corrected chi connectivity index (χ1v) is 12.8. The molecule has 0 aromatic heterocycles. The van der Waals surface area contributed by atoms with Crippen molar-refractivity contribution < 1.29 is 23.5 Å². The Morgan fingerprint density at radius 3 is 2.47 bits per heavy atom. The van der Waals surface area contributed by atoms with Crippen molar-refractivity contribution in [2.45, 2.75) is 81.5 Å². The van der Waals surface area contributed by atoms with Gasteiger partial charge in [0.15, 0.2) is 0 Å². The molecule has 6 rings (SSSR count). The van der Waals surface area contributed by atoms with E-state index in [1.807, 2.05) is 9.80 Å². The van der Waals surface area contributed by atoms with Gasteiger partial charge in [0, 0.05) is 49.1 Å². The van der Waals surface area contributed by atoms with Crippen LogP contribution < -0.4 is 4.90 Å². The van der Waals surface area contributed by atoms with Crippen LogP contribution in [0.2, 0.25) is 0 Å². The maximum atomic E-state index is 14.2. The summed E-state index contributed by atoms with van der Waals surface area (Å²) >= 11 is 0. The molecule has 4 fully saturated rings. The third-order valence-electron chi connectivity index (χ3n) is 9.01. The van der Waals surface area contributed by atoms with E-state index < -0.39 is 0 Å². The number of carbonyl (C=O) groups excluding carboxylic acids is 2. The van der Waals surface area contributed by atoms with E-state index in [0.717, 1.165) is 69.3 Å². The highest BCUT2D eigenvalue weighted by molar-refractivity contribution is 5.94. The fourth-order valence-electron chi connectivity index (χ4n) is 7.22. The number of carbonyl (C=O) groups is 2. The van der Waals surface area contributed by atoms with Gasteiger partial charge >= 0.3 is 6.09 Å². The predicted molar refractivity (Wildman–Crippen MR) is 124 cm³/mol. The zero-order valence-electron chi connectivity index (χ0n) is 19.9. The lowest BCUT2D eigenvalue weighted by molar-refractivity contribution is -0.116. The van der Waals surface area contributed by atoms with Crippen LogP contribution in [0.4, 0.5) is 14.9 Å². The summed E-state index contributed by atoms with van der Waals surface area (Å²) in [6.45, 7) is 5.31. The second-order valence-corrected chi connectivity index (χ2v) is 10.9. The number of anilines is 1. The van der Waals surface area contributed by atoms with E-state index in [9.17, 15) is 14.0 Å². The Hall–Kier alpha value is -2.19. The Balaban J connectivity index is 1.11. The number of fused-ring (bicyclic) bond motifs is 4. The summed E-state index contributed by atoms with van der Waals surface area (Å²) in [6.07, 6.45) is 6.46. The Morgan fingerprint density at radius 2 is 1.82 bits per heavy atom. The maximum absolute atomic E-state index is 14.2. The number of hydrogen-bond donors (Lipinski definition) is 0. The minimum absolute atomic E-state index is 0.0205. The monoisotopic (exact) mass is 471 g/mol. The maximum Gasteiger partial charge on any atom is 0.410 e. The minimum atomic E-state index is -0.231. The van der Waals surface area contributed by atoms with Crippen molar-refractivity contribution in [3.8, 4) is 0 Å². The van der Waals surface area contributed by atoms with Crippen LogP contribution in [0.3, 0.4) is 0 Å². The van der Waals surface area contributed by atoms with Gasteiger partial charge in [0.25, 0.3) is 0 Å². The zero-order valence-corrected chi connectivity index (χ0v) is 19.9. The van der Waals surface area contributed by atoms with Gasteiger partial charge in [-0.05, 0) is 75.4 Å². The van der Waals surface area contributed by atoms with Gasteiger partial charge in [0.05, 0.1) is 13.2 Å². The molecule has 1 aromatic carbocycles. The summed E-state index contributed by atoms with van der Waals surface area (Å²) in [4.78, 5) is 31.6.